The van der Waals surface area contributed by atoms with Crippen molar-refractivity contribution in [3.63, 3.8) is 0 Å². The lowest BCUT2D eigenvalue weighted by Crippen LogP contribution is -2.32. The smallest absolute Gasteiger partial charge is 0.251 e. The SMILES string of the molecule is COCc1cccc(C(=O)NCC(=O)Nc2ccccc2Br)c1. The van der Waals surface area contributed by atoms with Crippen LogP contribution in [0, 0.1) is 0 Å². The van der Waals surface area contributed by atoms with Crippen molar-refractivity contribution in [2.45, 2.75) is 6.61 Å². The number of carbonyl (C=O) groups is 2. The molecule has 0 bridgehead atoms. The molecule has 0 atom stereocenters. The summed E-state index contributed by atoms with van der Waals surface area (Å²) in [5.41, 5.74) is 2.06. The second kappa shape index (κ2) is 8.45. The van der Waals surface area contributed by atoms with Crippen LogP contribution in [-0.2, 0) is 16.1 Å². The maximum atomic E-state index is 12.1. The average molecular weight is 377 g/mol. The standard InChI is InChI=1S/C17H17BrN2O3/c1-23-11-12-5-4-6-13(9-12)17(22)19-10-16(21)20-15-8-3-2-7-14(15)18/h2-9H,10-11H2,1H3,(H,19,22)(H,20,21). The van der Waals surface area contributed by atoms with Gasteiger partial charge in [-0.25, -0.2) is 0 Å². The van der Waals surface area contributed by atoms with E-state index in [4.69, 9.17) is 4.74 Å². The third-order valence-electron chi connectivity index (χ3n) is 3.06. The quantitative estimate of drug-likeness (QED) is 0.814. The molecule has 5 nitrogen and oxygen atoms in total. The van der Waals surface area contributed by atoms with Crippen LogP contribution >= 0.6 is 15.9 Å². The molecule has 0 aromatic heterocycles. The van der Waals surface area contributed by atoms with E-state index in [1.54, 1.807) is 31.4 Å². The van der Waals surface area contributed by atoms with Gasteiger partial charge in [-0.3, -0.25) is 9.59 Å². The van der Waals surface area contributed by atoms with E-state index < -0.39 is 0 Å². The zero-order valence-electron chi connectivity index (χ0n) is 12.6. The van der Waals surface area contributed by atoms with Gasteiger partial charge in [0.15, 0.2) is 0 Å². The van der Waals surface area contributed by atoms with Gasteiger partial charge in [-0.05, 0) is 45.8 Å². The highest BCUT2D eigenvalue weighted by Crippen LogP contribution is 2.20. The minimum absolute atomic E-state index is 0.103. The Balaban J connectivity index is 1.90. The molecule has 0 aliphatic rings. The largest absolute Gasteiger partial charge is 0.380 e. The number of benzene rings is 2. The van der Waals surface area contributed by atoms with Crippen molar-refractivity contribution in [1.29, 1.82) is 0 Å². The Morgan fingerprint density at radius 3 is 2.65 bits per heavy atom. The van der Waals surface area contributed by atoms with Crippen molar-refractivity contribution >= 4 is 33.4 Å². The number of halogens is 1. The normalized spacial score (nSPS) is 10.2. The number of methoxy groups -OCH3 is 1. The fourth-order valence-corrected chi connectivity index (χ4v) is 2.37. The van der Waals surface area contributed by atoms with Crippen LogP contribution < -0.4 is 10.6 Å². The number of hydrogen-bond donors (Lipinski definition) is 2. The second-order valence-corrected chi connectivity index (χ2v) is 5.70. The highest BCUT2D eigenvalue weighted by atomic mass is 79.9. The first-order valence-electron chi connectivity index (χ1n) is 7.00. The Hall–Kier alpha value is -2.18. The van der Waals surface area contributed by atoms with Crippen LogP contribution in [0.1, 0.15) is 15.9 Å². The third kappa shape index (κ3) is 5.19. The molecule has 0 spiro atoms. The van der Waals surface area contributed by atoms with Gasteiger partial charge in [0.1, 0.15) is 0 Å². The van der Waals surface area contributed by atoms with Gasteiger partial charge in [-0.2, -0.15) is 0 Å². The highest BCUT2D eigenvalue weighted by molar-refractivity contribution is 9.10. The summed E-state index contributed by atoms with van der Waals surface area (Å²) in [7, 11) is 1.60. The fourth-order valence-electron chi connectivity index (χ4n) is 1.99. The maximum absolute atomic E-state index is 12.1. The molecular weight excluding hydrogens is 360 g/mol. The number of anilines is 1. The molecule has 23 heavy (non-hydrogen) atoms. The Morgan fingerprint density at radius 2 is 1.91 bits per heavy atom. The van der Waals surface area contributed by atoms with Crippen LogP contribution in [0.3, 0.4) is 0 Å². The molecule has 6 heteroatoms. The topological polar surface area (TPSA) is 67.4 Å². The molecule has 0 aliphatic heterocycles. The molecule has 0 saturated carbocycles. The number of amides is 2. The van der Waals surface area contributed by atoms with Crippen LogP contribution in [0.15, 0.2) is 53.0 Å². The zero-order valence-corrected chi connectivity index (χ0v) is 14.2. The molecule has 2 amide bonds. The number of carbonyl (C=O) groups excluding carboxylic acids is 2. The minimum Gasteiger partial charge on any atom is -0.380 e. The van der Waals surface area contributed by atoms with Crippen LogP contribution in [0.25, 0.3) is 0 Å². The monoisotopic (exact) mass is 376 g/mol. The molecule has 0 aliphatic carbocycles. The van der Waals surface area contributed by atoms with E-state index in [2.05, 4.69) is 26.6 Å². The lowest BCUT2D eigenvalue weighted by molar-refractivity contribution is -0.115. The molecule has 120 valence electrons. The highest BCUT2D eigenvalue weighted by Gasteiger charge is 2.09. The first-order chi connectivity index (χ1) is 11.1. The Labute approximate surface area is 143 Å². The van der Waals surface area contributed by atoms with Gasteiger partial charge in [0.05, 0.1) is 18.8 Å². The van der Waals surface area contributed by atoms with Crippen LogP contribution in [-0.4, -0.2) is 25.5 Å². The first-order valence-corrected chi connectivity index (χ1v) is 7.80. The van der Waals surface area contributed by atoms with E-state index in [0.29, 0.717) is 17.9 Å². The summed E-state index contributed by atoms with van der Waals surface area (Å²) in [4.78, 5) is 24.0. The number of ether oxygens (including phenoxy) is 1. The maximum Gasteiger partial charge on any atom is 0.251 e. The van der Waals surface area contributed by atoms with Gasteiger partial charge in [0.2, 0.25) is 5.91 Å². The minimum atomic E-state index is -0.301. The lowest BCUT2D eigenvalue weighted by atomic mass is 10.1. The summed E-state index contributed by atoms with van der Waals surface area (Å²) in [6.07, 6.45) is 0. The molecule has 2 rings (SSSR count). The predicted molar refractivity (Wildman–Crippen MR) is 92.3 cm³/mol. The van der Waals surface area contributed by atoms with E-state index in [9.17, 15) is 9.59 Å². The molecule has 2 aromatic carbocycles. The van der Waals surface area contributed by atoms with Crippen molar-refractivity contribution in [3.8, 4) is 0 Å². The van der Waals surface area contributed by atoms with E-state index in [1.807, 2.05) is 24.3 Å². The second-order valence-electron chi connectivity index (χ2n) is 4.84. The Bertz CT molecular complexity index is 704. The van der Waals surface area contributed by atoms with E-state index in [1.165, 1.54) is 0 Å². The summed E-state index contributed by atoms with van der Waals surface area (Å²) in [6, 6.07) is 14.4. The van der Waals surface area contributed by atoms with Crippen molar-refractivity contribution in [2.75, 3.05) is 19.0 Å². The fraction of sp³-hybridized carbons (Fsp3) is 0.176. The molecule has 2 aromatic rings. The van der Waals surface area contributed by atoms with Crippen molar-refractivity contribution < 1.29 is 14.3 Å². The summed E-state index contributed by atoms with van der Waals surface area (Å²) in [5, 5.41) is 5.33. The molecular formula is C17H17BrN2O3. The summed E-state index contributed by atoms with van der Waals surface area (Å²) >= 11 is 3.35. The van der Waals surface area contributed by atoms with Crippen LogP contribution in [0.4, 0.5) is 5.69 Å². The van der Waals surface area contributed by atoms with Gasteiger partial charge in [0.25, 0.3) is 5.91 Å². The summed E-state index contributed by atoms with van der Waals surface area (Å²) in [6.45, 7) is 0.332. The number of rotatable bonds is 6. The van der Waals surface area contributed by atoms with Gasteiger partial charge >= 0.3 is 0 Å². The average Bonchev–Trinajstić information content (AvgIpc) is 2.55. The van der Waals surface area contributed by atoms with Crippen molar-refractivity contribution in [2.24, 2.45) is 0 Å². The molecule has 0 fully saturated rings. The molecule has 0 saturated heterocycles. The van der Waals surface area contributed by atoms with Crippen molar-refractivity contribution in [3.05, 3.63) is 64.1 Å². The van der Waals surface area contributed by atoms with E-state index in [-0.39, 0.29) is 18.4 Å². The Morgan fingerprint density at radius 1 is 1.13 bits per heavy atom. The van der Waals surface area contributed by atoms with Gasteiger partial charge in [0, 0.05) is 17.1 Å². The summed E-state index contributed by atoms with van der Waals surface area (Å²) < 4.78 is 5.82. The van der Waals surface area contributed by atoms with Crippen molar-refractivity contribution in [1.82, 2.24) is 5.32 Å². The predicted octanol–water partition coefficient (Wildman–Crippen LogP) is 2.96. The number of para-hydroxylation sites is 1. The lowest BCUT2D eigenvalue weighted by Gasteiger charge is -2.09. The number of hydrogen-bond acceptors (Lipinski definition) is 3. The molecule has 0 unspecified atom stereocenters. The summed E-state index contributed by atoms with van der Waals surface area (Å²) in [5.74, 6) is -0.594. The number of nitrogens with one attached hydrogen (secondary N) is 2. The zero-order chi connectivity index (χ0) is 16.7. The van der Waals surface area contributed by atoms with Gasteiger partial charge < -0.3 is 15.4 Å². The molecule has 0 radical (unpaired) electrons. The molecule has 2 N–H and O–H groups in total. The third-order valence-corrected chi connectivity index (χ3v) is 3.75. The van der Waals surface area contributed by atoms with E-state index in [0.717, 1.165) is 10.0 Å². The van der Waals surface area contributed by atoms with Crippen LogP contribution in [0.5, 0.6) is 0 Å². The van der Waals surface area contributed by atoms with E-state index >= 15 is 0 Å². The van der Waals surface area contributed by atoms with Gasteiger partial charge in [-0.1, -0.05) is 24.3 Å². The Kier molecular flexibility index (Phi) is 6.31. The van der Waals surface area contributed by atoms with Gasteiger partial charge in [-0.15, -0.1) is 0 Å². The first kappa shape index (κ1) is 17.2. The molecule has 0 heterocycles. The van der Waals surface area contributed by atoms with Crippen LogP contribution in [0.2, 0.25) is 0 Å².